The van der Waals surface area contributed by atoms with E-state index in [9.17, 15) is 0 Å². The van der Waals surface area contributed by atoms with Gasteiger partial charge in [0.1, 0.15) is 0 Å². The molecule has 6 aliphatic rings. The molecule has 7 aromatic rings. The predicted octanol–water partition coefficient (Wildman–Crippen LogP) is 12.5. The Kier molecular flexibility index (Phi) is 4.69. The van der Waals surface area contributed by atoms with Gasteiger partial charge in [-0.15, -0.1) is 0 Å². The van der Waals surface area contributed by atoms with Crippen molar-refractivity contribution in [1.29, 1.82) is 0 Å². The lowest BCUT2D eigenvalue weighted by Crippen LogP contribution is -2.51. The molecule has 54 heavy (non-hydrogen) atoms. The highest BCUT2D eigenvalue weighted by molar-refractivity contribution is 6.01. The zero-order chi connectivity index (χ0) is 36.8. The van der Waals surface area contributed by atoms with E-state index in [1.807, 2.05) is 0 Å². The van der Waals surface area contributed by atoms with Crippen molar-refractivity contribution >= 4 is 21.5 Å². The van der Waals surface area contributed by atoms with Crippen LogP contribution in [-0.4, -0.2) is 0 Å². The van der Waals surface area contributed by atoms with Gasteiger partial charge in [-0.3, -0.25) is 0 Å². The maximum absolute atomic E-state index is 2.63. The maximum atomic E-state index is 2.63. The highest BCUT2D eigenvalue weighted by Crippen LogP contribution is 2.84. The number of rotatable bonds is 0. The van der Waals surface area contributed by atoms with Gasteiger partial charge >= 0.3 is 0 Å². The third kappa shape index (κ3) is 2.37. The number of benzene rings is 7. The zero-order valence-electron chi connectivity index (χ0n) is 32.7. The van der Waals surface area contributed by atoms with Crippen LogP contribution in [0.4, 0.5) is 0 Å². The first-order chi connectivity index (χ1) is 25.8. The summed E-state index contributed by atoms with van der Waals surface area (Å²) in [7, 11) is 0. The van der Waals surface area contributed by atoms with E-state index in [1.54, 1.807) is 0 Å². The van der Waals surface area contributed by atoms with Crippen molar-refractivity contribution in [3.8, 4) is 0 Å². The zero-order valence-corrected chi connectivity index (χ0v) is 32.7. The van der Waals surface area contributed by atoms with Crippen LogP contribution in [0, 0.1) is 10.8 Å². The van der Waals surface area contributed by atoms with Gasteiger partial charge in [0.15, 0.2) is 0 Å². The first-order valence-electron chi connectivity index (χ1n) is 20.3. The number of hydrogen-bond acceptors (Lipinski definition) is 0. The van der Waals surface area contributed by atoms with Crippen LogP contribution in [0.25, 0.3) is 21.5 Å². The van der Waals surface area contributed by atoms with Crippen molar-refractivity contribution in [3.63, 3.8) is 0 Å². The van der Waals surface area contributed by atoms with Crippen LogP contribution in [0.15, 0.2) is 133 Å². The van der Waals surface area contributed by atoms with Crippen molar-refractivity contribution in [3.05, 3.63) is 200 Å². The van der Waals surface area contributed by atoms with Gasteiger partial charge < -0.3 is 0 Å². The van der Waals surface area contributed by atoms with Crippen molar-refractivity contribution in [2.75, 3.05) is 0 Å². The lowest BCUT2D eigenvalue weighted by Gasteiger charge is -2.49. The highest BCUT2D eigenvalue weighted by Gasteiger charge is 2.81. The minimum Gasteiger partial charge on any atom is -0.0619 e. The summed E-state index contributed by atoms with van der Waals surface area (Å²) in [4.78, 5) is 0. The van der Waals surface area contributed by atoms with Crippen molar-refractivity contribution < 1.29 is 0 Å². The Labute approximate surface area is 319 Å². The summed E-state index contributed by atoms with van der Waals surface area (Å²) in [6.07, 6.45) is 0. The minimum absolute atomic E-state index is 0.0628. The molecule has 0 bridgehead atoms. The summed E-state index contributed by atoms with van der Waals surface area (Å²) in [6, 6.07) is 53.2. The van der Waals surface area contributed by atoms with Crippen LogP contribution < -0.4 is 0 Å². The van der Waals surface area contributed by atoms with Crippen molar-refractivity contribution in [2.24, 2.45) is 10.8 Å². The van der Waals surface area contributed by atoms with E-state index in [0.717, 1.165) is 0 Å². The standard InChI is InChI=1S/C54H46/c1-47-35-17-9-13-21-39(35)49(3)43-27-31-25-33-29-45-46(30-34(33)26-32(31)28-44(43)50(4,53(47,49)7)40-22-14-10-18-36(40)47)52(6)42-24-16-12-20-38(42)48(2)37-19-11-15-23-41(37)51(45,5)54(48,52)8/h9-30H,1-8H3/t47?,48?,49-,50+,51+,52-,53?,54?. The van der Waals surface area contributed by atoms with Crippen molar-refractivity contribution in [2.45, 2.75) is 87.9 Å². The molecule has 0 saturated carbocycles. The van der Waals surface area contributed by atoms with Gasteiger partial charge in [-0.1, -0.05) is 152 Å². The fraction of sp³-hybridized carbons (Fsp3) is 0.296. The van der Waals surface area contributed by atoms with E-state index >= 15 is 0 Å². The van der Waals surface area contributed by atoms with E-state index in [-0.39, 0.29) is 43.3 Å². The minimum atomic E-state index is -0.137. The van der Waals surface area contributed by atoms with Crippen LogP contribution in [0.3, 0.4) is 0 Å². The summed E-state index contributed by atoms with van der Waals surface area (Å²) < 4.78 is 0. The molecule has 0 aliphatic heterocycles. The summed E-state index contributed by atoms with van der Waals surface area (Å²) in [5.74, 6) is 0. The SMILES string of the molecule is CC12c3ccccc3[C@@]3(C)c4cc5cc6cc7c(cc6cc5cc4[C@@](C)(c4ccccc41)C23C)[C@]1(C)c2ccccc2C2(C)c3ccccc3[C@@]7(C)C21C. The molecule has 0 radical (unpaired) electrons. The van der Waals surface area contributed by atoms with E-state index in [4.69, 9.17) is 0 Å². The van der Waals surface area contributed by atoms with E-state index in [1.165, 1.54) is 88.3 Å². The van der Waals surface area contributed by atoms with Gasteiger partial charge in [-0.2, -0.15) is 0 Å². The lowest BCUT2D eigenvalue weighted by atomic mass is 9.52. The quantitative estimate of drug-likeness (QED) is 0.139. The topological polar surface area (TPSA) is 0 Å². The van der Waals surface area contributed by atoms with Gasteiger partial charge in [0.25, 0.3) is 0 Å². The average Bonchev–Trinajstić information content (AvgIpc) is 3.74. The van der Waals surface area contributed by atoms with Crippen molar-refractivity contribution in [1.82, 2.24) is 0 Å². The molecule has 13 rings (SSSR count). The molecule has 262 valence electrons. The Morgan fingerprint density at radius 3 is 0.574 bits per heavy atom. The molecule has 0 aromatic heterocycles. The normalized spacial score (nSPS) is 37.5. The van der Waals surface area contributed by atoms with Gasteiger partial charge in [0.2, 0.25) is 0 Å². The summed E-state index contributed by atoms with van der Waals surface area (Å²) >= 11 is 0. The van der Waals surface area contributed by atoms with Crippen LogP contribution >= 0.6 is 0 Å². The Bertz CT molecular complexity index is 2590. The van der Waals surface area contributed by atoms with Crippen LogP contribution in [0.2, 0.25) is 0 Å². The Morgan fingerprint density at radius 2 is 0.389 bits per heavy atom. The lowest BCUT2D eigenvalue weighted by molar-refractivity contribution is 0.0997. The summed E-state index contributed by atoms with van der Waals surface area (Å²) in [5.41, 5.74) is 17.3. The Hall–Kier alpha value is -4.94. The molecule has 0 spiro atoms. The monoisotopic (exact) mass is 694 g/mol. The molecule has 6 aliphatic carbocycles. The molecular weight excluding hydrogens is 649 g/mol. The van der Waals surface area contributed by atoms with Gasteiger partial charge in [-0.05, 0) is 125 Å². The second-order valence-electron chi connectivity index (χ2n) is 19.5. The largest absolute Gasteiger partial charge is 0.0619 e. The Balaban J connectivity index is 1.12. The molecule has 7 aromatic carbocycles. The fourth-order valence-electron chi connectivity index (χ4n) is 16.3. The maximum Gasteiger partial charge on any atom is 0.0258 e. The number of fused-ring (bicyclic) bond motifs is 20. The number of hydrogen-bond donors (Lipinski definition) is 0. The molecule has 0 amide bonds. The molecular formula is C54H46. The summed E-state index contributed by atoms with van der Waals surface area (Å²) in [6.45, 7) is 20.7. The highest BCUT2D eigenvalue weighted by atomic mass is 14.8. The Morgan fingerprint density at radius 1 is 0.222 bits per heavy atom. The summed E-state index contributed by atoms with van der Waals surface area (Å²) in [5, 5.41) is 5.43. The molecule has 0 nitrogen and oxygen atoms in total. The molecule has 0 fully saturated rings. The second-order valence-corrected chi connectivity index (χ2v) is 19.5. The molecule has 0 heterocycles. The van der Waals surface area contributed by atoms with Gasteiger partial charge in [0.05, 0.1) is 0 Å². The molecule has 0 heteroatoms. The third-order valence-corrected chi connectivity index (χ3v) is 19.2. The predicted molar refractivity (Wildman–Crippen MR) is 222 cm³/mol. The smallest absolute Gasteiger partial charge is 0.0258 e. The molecule has 8 atom stereocenters. The molecule has 0 saturated heterocycles. The van der Waals surface area contributed by atoms with Crippen LogP contribution in [-0.2, 0) is 32.5 Å². The molecule has 0 N–H and O–H groups in total. The van der Waals surface area contributed by atoms with E-state index in [0.29, 0.717) is 0 Å². The average molecular weight is 695 g/mol. The van der Waals surface area contributed by atoms with E-state index in [2.05, 4.69) is 189 Å². The van der Waals surface area contributed by atoms with Crippen LogP contribution in [0.1, 0.15) is 122 Å². The van der Waals surface area contributed by atoms with E-state index < -0.39 is 0 Å². The second kappa shape index (κ2) is 8.33. The van der Waals surface area contributed by atoms with Gasteiger partial charge in [-0.25, -0.2) is 0 Å². The first kappa shape index (κ1) is 30.4. The molecule has 4 unspecified atom stereocenters. The third-order valence-electron chi connectivity index (χ3n) is 19.2. The van der Waals surface area contributed by atoms with Crippen LogP contribution in [0.5, 0.6) is 0 Å². The first-order valence-corrected chi connectivity index (χ1v) is 20.3. The fourth-order valence-corrected chi connectivity index (χ4v) is 16.3. The van der Waals surface area contributed by atoms with Gasteiger partial charge in [0, 0.05) is 43.3 Å².